The number of aryl methyl sites for hydroxylation is 1. The summed E-state index contributed by atoms with van der Waals surface area (Å²) in [5, 5.41) is 3.10. The first kappa shape index (κ1) is 19.3. The maximum atomic E-state index is 12.7. The summed E-state index contributed by atoms with van der Waals surface area (Å²) in [6.45, 7) is 4.82. The molecule has 0 spiro atoms. The molecule has 1 aromatic heterocycles. The second-order valence-electron chi connectivity index (χ2n) is 7.81. The monoisotopic (exact) mass is 385 g/mol. The van der Waals surface area contributed by atoms with Gasteiger partial charge < -0.3 is 5.32 Å². The molecular weight excluding hydrogens is 358 g/mol. The minimum atomic E-state index is 0.0754. The Bertz CT molecular complexity index is 945. The SMILES string of the molecule is Cc1cccc(-c2ccc(NC(=O)C3CCN(Cc4ccccn4)CC3)cc2)c1. The van der Waals surface area contributed by atoms with Crippen molar-refractivity contribution < 1.29 is 4.79 Å². The fraction of sp³-hybridized carbons (Fsp3) is 0.280. The van der Waals surface area contributed by atoms with Gasteiger partial charge in [0.15, 0.2) is 0 Å². The molecule has 1 saturated heterocycles. The van der Waals surface area contributed by atoms with Gasteiger partial charge in [-0.2, -0.15) is 0 Å². The molecule has 4 heteroatoms. The van der Waals surface area contributed by atoms with Crippen molar-refractivity contribution in [2.24, 2.45) is 5.92 Å². The second-order valence-corrected chi connectivity index (χ2v) is 7.81. The quantitative estimate of drug-likeness (QED) is 0.679. The summed E-state index contributed by atoms with van der Waals surface area (Å²) >= 11 is 0. The number of aromatic nitrogens is 1. The molecule has 1 fully saturated rings. The third kappa shape index (κ3) is 5.09. The molecule has 4 rings (SSSR count). The minimum absolute atomic E-state index is 0.0754. The fourth-order valence-corrected chi connectivity index (χ4v) is 3.89. The molecule has 2 heterocycles. The van der Waals surface area contributed by atoms with Gasteiger partial charge in [-0.1, -0.05) is 48.0 Å². The highest BCUT2D eigenvalue weighted by molar-refractivity contribution is 5.92. The summed E-state index contributed by atoms with van der Waals surface area (Å²) < 4.78 is 0. The lowest BCUT2D eigenvalue weighted by Crippen LogP contribution is -2.37. The van der Waals surface area contributed by atoms with Gasteiger partial charge in [0.2, 0.25) is 5.91 Å². The number of carbonyl (C=O) groups excluding carboxylic acids is 1. The van der Waals surface area contributed by atoms with Crippen LogP contribution in [0.25, 0.3) is 11.1 Å². The average Bonchev–Trinajstić information content (AvgIpc) is 2.75. The zero-order chi connectivity index (χ0) is 20.1. The van der Waals surface area contributed by atoms with Crippen molar-refractivity contribution in [2.45, 2.75) is 26.3 Å². The summed E-state index contributed by atoms with van der Waals surface area (Å²) in [4.78, 5) is 19.5. The van der Waals surface area contributed by atoms with E-state index < -0.39 is 0 Å². The first-order chi connectivity index (χ1) is 14.2. The zero-order valence-electron chi connectivity index (χ0n) is 16.8. The Balaban J connectivity index is 1.29. The number of piperidine rings is 1. The van der Waals surface area contributed by atoms with Crippen molar-refractivity contribution in [3.05, 3.63) is 84.2 Å². The van der Waals surface area contributed by atoms with Crippen LogP contribution in [-0.2, 0) is 11.3 Å². The Morgan fingerprint density at radius 2 is 1.79 bits per heavy atom. The van der Waals surface area contributed by atoms with Gasteiger partial charge in [-0.3, -0.25) is 14.7 Å². The van der Waals surface area contributed by atoms with Crippen LogP contribution in [0.2, 0.25) is 0 Å². The highest BCUT2D eigenvalue weighted by Gasteiger charge is 2.25. The van der Waals surface area contributed by atoms with Crippen LogP contribution in [0.4, 0.5) is 5.69 Å². The molecule has 0 unspecified atom stereocenters. The van der Waals surface area contributed by atoms with E-state index in [9.17, 15) is 4.79 Å². The van der Waals surface area contributed by atoms with Crippen molar-refractivity contribution in [2.75, 3.05) is 18.4 Å². The van der Waals surface area contributed by atoms with Crippen LogP contribution in [0.5, 0.6) is 0 Å². The number of nitrogens with zero attached hydrogens (tertiary/aromatic N) is 2. The van der Waals surface area contributed by atoms with Crippen molar-refractivity contribution >= 4 is 11.6 Å². The number of benzene rings is 2. The number of hydrogen-bond acceptors (Lipinski definition) is 3. The standard InChI is InChI=1S/C25H27N3O/c1-19-5-4-6-22(17-19)20-8-10-23(11-9-20)27-25(29)21-12-15-28(16-13-21)18-24-7-2-3-14-26-24/h2-11,14,17,21H,12-13,15-16,18H2,1H3,(H,27,29). The molecule has 1 aliphatic rings. The van der Waals surface area contributed by atoms with E-state index in [0.717, 1.165) is 49.4 Å². The van der Waals surface area contributed by atoms with E-state index in [0.29, 0.717) is 0 Å². The van der Waals surface area contributed by atoms with Crippen LogP contribution in [0.1, 0.15) is 24.1 Å². The van der Waals surface area contributed by atoms with E-state index in [1.165, 1.54) is 11.1 Å². The minimum Gasteiger partial charge on any atom is -0.326 e. The van der Waals surface area contributed by atoms with Gasteiger partial charge >= 0.3 is 0 Å². The number of anilines is 1. The van der Waals surface area contributed by atoms with Crippen LogP contribution in [0, 0.1) is 12.8 Å². The average molecular weight is 386 g/mol. The van der Waals surface area contributed by atoms with E-state index in [2.05, 4.69) is 64.6 Å². The Kier molecular flexibility index (Phi) is 6.01. The van der Waals surface area contributed by atoms with E-state index in [1.807, 2.05) is 30.5 Å². The Morgan fingerprint density at radius 3 is 2.48 bits per heavy atom. The van der Waals surface area contributed by atoms with Crippen LogP contribution in [-0.4, -0.2) is 28.9 Å². The molecule has 0 aliphatic carbocycles. The number of carbonyl (C=O) groups is 1. The Hall–Kier alpha value is -2.98. The number of amides is 1. The molecular formula is C25H27N3O. The molecule has 4 nitrogen and oxygen atoms in total. The van der Waals surface area contributed by atoms with Crippen molar-refractivity contribution in [1.82, 2.24) is 9.88 Å². The van der Waals surface area contributed by atoms with E-state index >= 15 is 0 Å². The number of likely N-dealkylation sites (tertiary alicyclic amines) is 1. The lowest BCUT2D eigenvalue weighted by molar-refractivity contribution is -0.121. The zero-order valence-corrected chi connectivity index (χ0v) is 16.8. The normalized spacial score (nSPS) is 15.2. The molecule has 29 heavy (non-hydrogen) atoms. The molecule has 1 amide bonds. The van der Waals surface area contributed by atoms with Crippen LogP contribution >= 0.6 is 0 Å². The van der Waals surface area contributed by atoms with Gasteiger partial charge in [-0.05, 0) is 68.2 Å². The summed E-state index contributed by atoms with van der Waals surface area (Å²) in [5.74, 6) is 0.206. The third-order valence-corrected chi connectivity index (χ3v) is 5.57. The maximum absolute atomic E-state index is 12.7. The number of hydrogen-bond donors (Lipinski definition) is 1. The smallest absolute Gasteiger partial charge is 0.227 e. The number of rotatable bonds is 5. The predicted octanol–water partition coefficient (Wildman–Crippen LogP) is 4.91. The van der Waals surface area contributed by atoms with Gasteiger partial charge in [-0.25, -0.2) is 0 Å². The molecule has 0 bridgehead atoms. The first-order valence-electron chi connectivity index (χ1n) is 10.3. The van der Waals surface area contributed by atoms with Crippen LogP contribution < -0.4 is 5.32 Å². The molecule has 0 saturated carbocycles. The molecule has 3 aromatic rings. The van der Waals surface area contributed by atoms with E-state index in [1.54, 1.807) is 0 Å². The third-order valence-electron chi connectivity index (χ3n) is 5.57. The highest BCUT2D eigenvalue weighted by atomic mass is 16.1. The first-order valence-corrected chi connectivity index (χ1v) is 10.3. The summed E-state index contributed by atoms with van der Waals surface area (Å²) in [6, 6.07) is 22.6. The highest BCUT2D eigenvalue weighted by Crippen LogP contribution is 2.24. The van der Waals surface area contributed by atoms with Crippen molar-refractivity contribution in [1.29, 1.82) is 0 Å². The van der Waals surface area contributed by atoms with Crippen molar-refractivity contribution in [3.63, 3.8) is 0 Å². The lowest BCUT2D eigenvalue weighted by atomic mass is 9.95. The van der Waals surface area contributed by atoms with Gasteiger partial charge in [0, 0.05) is 24.3 Å². The van der Waals surface area contributed by atoms with Crippen LogP contribution in [0.15, 0.2) is 72.9 Å². The van der Waals surface area contributed by atoms with E-state index in [4.69, 9.17) is 0 Å². The Labute approximate surface area is 172 Å². The van der Waals surface area contributed by atoms with Gasteiger partial charge in [0.1, 0.15) is 0 Å². The molecule has 0 atom stereocenters. The maximum Gasteiger partial charge on any atom is 0.227 e. The Morgan fingerprint density at radius 1 is 1.00 bits per heavy atom. The van der Waals surface area contributed by atoms with Crippen molar-refractivity contribution in [3.8, 4) is 11.1 Å². The lowest BCUT2D eigenvalue weighted by Gasteiger charge is -2.31. The van der Waals surface area contributed by atoms with E-state index in [-0.39, 0.29) is 11.8 Å². The summed E-state index contributed by atoms with van der Waals surface area (Å²) in [5.41, 5.74) is 5.55. The number of nitrogens with one attached hydrogen (secondary N) is 1. The summed E-state index contributed by atoms with van der Waals surface area (Å²) in [7, 11) is 0. The molecule has 0 radical (unpaired) electrons. The summed E-state index contributed by atoms with van der Waals surface area (Å²) in [6.07, 6.45) is 3.61. The molecule has 148 valence electrons. The number of pyridine rings is 1. The molecule has 1 N–H and O–H groups in total. The largest absolute Gasteiger partial charge is 0.326 e. The predicted molar refractivity (Wildman–Crippen MR) is 117 cm³/mol. The van der Waals surface area contributed by atoms with Crippen LogP contribution in [0.3, 0.4) is 0 Å². The second kappa shape index (κ2) is 9.01. The van der Waals surface area contributed by atoms with Gasteiger partial charge in [0.25, 0.3) is 0 Å². The molecule has 1 aliphatic heterocycles. The fourth-order valence-electron chi connectivity index (χ4n) is 3.89. The van der Waals surface area contributed by atoms with Gasteiger partial charge in [0.05, 0.1) is 5.69 Å². The van der Waals surface area contributed by atoms with Gasteiger partial charge in [-0.15, -0.1) is 0 Å². The topological polar surface area (TPSA) is 45.2 Å². The molecule has 2 aromatic carbocycles.